The van der Waals surface area contributed by atoms with Crippen LogP contribution in [0.3, 0.4) is 0 Å². The van der Waals surface area contributed by atoms with Gasteiger partial charge in [-0.1, -0.05) is 113 Å². The normalized spacial score (nSPS) is 13.3. The Morgan fingerprint density at radius 1 is 0.522 bits per heavy atom. The van der Waals surface area contributed by atoms with Crippen molar-refractivity contribution in [3.05, 3.63) is 73.1 Å². The van der Waals surface area contributed by atoms with E-state index >= 15 is 0 Å². The van der Waals surface area contributed by atoms with Gasteiger partial charge in [0.2, 0.25) is 0 Å². The Bertz CT molecular complexity index is 394. The molecule has 1 heteroatoms. The lowest BCUT2D eigenvalue weighted by atomic mass is 10.1. The first-order valence-corrected chi connectivity index (χ1v) is 9.02. The van der Waals surface area contributed by atoms with Crippen LogP contribution in [0.1, 0.15) is 64.7 Å². The van der Waals surface area contributed by atoms with E-state index in [1.165, 1.54) is 63.9 Å². The van der Waals surface area contributed by atoms with Crippen molar-refractivity contribution < 1.29 is 5.11 Å². The number of unbranched alkanes of at least 4 members (excludes halogenated alkanes) is 8. The lowest BCUT2D eigenvalue weighted by molar-refractivity contribution is 0.352. The molecule has 127 valence electrons. The van der Waals surface area contributed by atoms with Gasteiger partial charge in [0.25, 0.3) is 0 Å². The Balaban J connectivity index is 3.45. The lowest BCUT2D eigenvalue weighted by Gasteiger charge is -1.99. The van der Waals surface area contributed by atoms with Crippen molar-refractivity contribution >= 4 is 0 Å². The summed E-state index contributed by atoms with van der Waals surface area (Å²) in [6.07, 6.45) is 34.2. The van der Waals surface area contributed by atoms with E-state index in [1.54, 1.807) is 6.08 Å². The van der Waals surface area contributed by atoms with Crippen LogP contribution < -0.4 is 0 Å². The van der Waals surface area contributed by atoms with Gasteiger partial charge in [-0.25, -0.2) is 0 Å². The lowest BCUT2D eigenvalue weighted by Crippen LogP contribution is -1.79. The minimum absolute atomic E-state index is 0.767. The van der Waals surface area contributed by atoms with Crippen LogP contribution in [0.5, 0.6) is 0 Å². The van der Waals surface area contributed by atoms with Gasteiger partial charge >= 0.3 is 0 Å². The quantitative estimate of drug-likeness (QED) is 0.183. The second-order valence-corrected chi connectivity index (χ2v) is 5.56. The van der Waals surface area contributed by atoms with Gasteiger partial charge < -0.3 is 0 Å². The molecule has 1 nitrogen and oxygen atoms in total. The Kier molecular flexibility index (Phi) is 18.7. The van der Waals surface area contributed by atoms with E-state index in [0.29, 0.717) is 0 Å². The average Bonchev–Trinajstić information content (AvgIpc) is 2.57. The molecular formula is C22H33O. The van der Waals surface area contributed by atoms with Gasteiger partial charge in [-0.15, -0.1) is 0 Å². The number of hydrogen-bond donors (Lipinski definition) is 0. The standard InChI is InChI=1S/C22H33O/c1-2-3-4-5-6-7-8-9-10-11-12-13-14-15-16-17-18-19-20-21-22-23/h11-22H,2-10H2,1H3. The van der Waals surface area contributed by atoms with Crippen LogP contribution in [-0.2, 0) is 5.11 Å². The molecule has 0 bridgehead atoms. The Morgan fingerprint density at radius 2 is 0.957 bits per heavy atom. The summed E-state index contributed by atoms with van der Waals surface area (Å²) in [5, 5.41) is 10.0. The molecule has 0 aliphatic heterocycles. The Labute approximate surface area is 143 Å². The number of hydrogen-bond acceptors (Lipinski definition) is 0. The molecule has 0 aliphatic carbocycles. The maximum absolute atomic E-state index is 10.0. The van der Waals surface area contributed by atoms with Crippen molar-refractivity contribution in [2.75, 3.05) is 0 Å². The molecule has 0 aromatic carbocycles. The summed E-state index contributed by atoms with van der Waals surface area (Å²) < 4.78 is 0. The summed E-state index contributed by atoms with van der Waals surface area (Å²) in [6.45, 7) is 2.27. The van der Waals surface area contributed by atoms with Crippen LogP contribution in [0.2, 0.25) is 0 Å². The minimum Gasteiger partial charge on any atom is -0.299 e. The third kappa shape index (κ3) is 20.2. The zero-order valence-corrected chi connectivity index (χ0v) is 14.7. The second-order valence-electron chi connectivity index (χ2n) is 5.56. The van der Waals surface area contributed by atoms with E-state index in [-0.39, 0.29) is 0 Å². The molecule has 1 radical (unpaired) electrons. The van der Waals surface area contributed by atoms with Gasteiger partial charge in [0.1, 0.15) is 6.26 Å². The van der Waals surface area contributed by atoms with Gasteiger partial charge in [-0.3, -0.25) is 5.11 Å². The zero-order chi connectivity index (χ0) is 16.8. The summed E-state index contributed by atoms with van der Waals surface area (Å²) >= 11 is 0. The molecule has 0 fully saturated rings. The van der Waals surface area contributed by atoms with E-state index in [2.05, 4.69) is 25.2 Å². The van der Waals surface area contributed by atoms with E-state index in [1.807, 2.05) is 36.5 Å². The SMILES string of the molecule is CCCCCCCCCCC=CC=CC=CC=CC=CC=C[O]. The molecule has 0 aliphatic rings. The highest BCUT2D eigenvalue weighted by Gasteiger charge is 1.89. The van der Waals surface area contributed by atoms with Gasteiger partial charge in [0.05, 0.1) is 0 Å². The maximum atomic E-state index is 10.0. The fourth-order valence-electron chi connectivity index (χ4n) is 2.13. The van der Waals surface area contributed by atoms with Crippen molar-refractivity contribution in [2.45, 2.75) is 64.7 Å². The molecule has 0 heterocycles. The van der Waals surface area contributed by atoms with E-state index in [4.69, 9.17) is 0 Å². The molecule has 0 saturated heterocycles. The van der Waals surface area contributed by atoms with Crippen molar-refractivity contribution in [3.63, 3.8) is 0 Å². The highest BCUT2D eigenvalue weighted by atomic mass is 16.2. The fourth-order valence-corrected chi connectivity index (χ4v) is 2.13. The second kappa shape index (κ2) is 20.2. The summed E-state index contributed by atoms with van der Waals surface area (Å²) in [6, 6.07) is 0. The largest absolute Gasteiger partial charge is 0.299 e. The molecular weight excluding hydrogens is 280 g/mol. The topological polar surface area (TPSA) is 19.9 Å². The molecule has 0 unspecified atom stereocenters. The van der Waals surface area contributed by atoms with Crippen LogP contribution in [0.4, 0.5) is 0 Å². The monoisotopic (exact) mass is 313 g/mol. The van der Waals surface area contributed by atoms with Crippen LogP contribution in [0, 0.1) is 0 Å². The zero-order valence-electron chi connectivity index (χ0n) is 14.7. The smallest absolute Gasteiger partial charge is 0.142 e. The molecule has 0 amide bonds. The highest BCUT2D eigenvalue weighted by molar-refractivity contribution is 5.19. The molecule has 0 aromatic rings. The van der Waals surface area contributed by atoms with E-state index < -0.39 is 0 Å². The van der Waals surface area contributed by atoms with Crippen LogP contribution >= 0.6 is 0 Å². The predicted octanol–water partition coefficient (Wildman–Crippen LogP) is 7.24. The molecule has 0 N–H and O–H groups in total. The third-order valence-corrected chi connectivity index (χ3v) is 3.44. The van der Waals surface area contributed by atoms with Gasteiger partial charge in [0.15, 0.2) is 0 Å². The Morgan fingerprint density at radius 3 is 1.48 bits per heavy atom. The van der Waals surface area contributed by atoms with Gasteiger partial charge in [-0.2, -0.15) is 0 Å². The summed E-state index contributed by atoms with van der Waals surface area (Å²) in [7, 11) is 0. The van der Waals surface area contributed by atoms with Crippen LogP contribution in [0.15, 0.2) is 73.1 Å². The van der Waals surface area contributed by atoms with Crippen molar-refractivity contribution in [1.29, 1.82) is 0 Å². The van der Waals surface area contributed by atoms with Crippen molar-refractivity contribution in [2.24, 2.45) is 0 Å². The average molecular weight is 314 g/mol. The molecule has 0 rings (SSSR count). The fraction of sp³-hybridized carbons (Fsp3) is 0.455. The predicted molar refractivity (Wildman–Crippen MR) is 103 cm³/mol. The first-order chi connectivity index (χ1) is 11.4. The van der Waals surface area contributed by atoms with Gasteiger partial charge in [0, 0.05) is 0 Å². The molecule has 0 saturated carbocycles. The number of allylic oxidation sites excluding steroid dienone is 11. The molecule has 23 heavy (non-hydrogen) atoms. The van der Waals surface area contributed by atoms with Crippen LogP contribution in [0.25, 0.3) is 0 Å². The van der Waals surface area contributed by atoms with E-state index in [0.717, 1.165) is 6.26 Å². The van der Waals surface area contributed by atoms with Crippen molar-refractivity contribution in [1.82, 2.24) is 0 Å². The summed E-state index contributed by atoms with van der Waals surface area (Å²) in [5.41, 5.74) is 0. The minimum atomic E-state index is 0.767. The number of rotatable bonds is 14. The van der Waals surface area contributed by atoms with Crippen molar-refractivity contribution in [3.8, 4) is 0 Å². The summed E-state index contributed by atoms with van der Waals surface area (Å²) in [5.74, 6) is 0. The maximum Gasteiger partial charge on any atom is 0.142 e. The van der Waals surface area contributed by atoms with Gasteiger partial charge in [-0.05, 0) is 18.9 Å². The third-order valence-electron chi connectivity index (χ3n) is 3.44. The highest BCUT2D eigenvalue weighted by Crippen LogP contribution is 2.09. The first-order valence-electron chi connectivity index (χ1n) is 9.02. The molecule has 0 spiro atoms. The molecule has 0 aromatic heterocycles. The molecule has 0 atom stereocenters. The first kappa shape index (κ1) is 21.2. The summed E-state index contributed by atoms with van der Waals surface area (Å²) in [4.78, 5) is 0. The van der Waals surface area contributed by atoms with E-state index in [9.17, 15) is 5.11 Å². The Hall–Kier alpha value is -1.76. The van der Waals surface area contributed by atoms with Crippen LogP contribution in [-0.4, -0.2) is 0 Å².